The lowest BCUT2D eigenvalue weighted by molar-refractivity contribution is -0.128. The number of amides is 1. The molecule has 2 aliphatic rings. The van der Waals surface area contributed by atoms with Gasteiger partial charge in [-0.15, -0.1) is 0 Å². The highest BCUT2D eigenvalue weighted by atomic mass is 16.5. The molecule has 0 radical (unpaired) electrons. The van der Waals surface area contributed by atoms with E-state index in [4.69, 9.17) is 14.2 Å². The molecule has 1 amide bonds. The van der Waals surface area contributed by atoms with Crippen molar-refractivity contribution in [2.75, 3.05) is 58.0 Å². The first-order valence-electron chi connectivity index (χ1n) is 12.1. The molecule has 9 nitrogen and oxygen atoms in total. The van der Waals surface area contributed by atoms with Gasteiger partial charge in [0.25, 0.3) is 0 Å². The van der Waals surface area contributed by atoms with Gasteiger partial charge in [0, 0.05) is 38.3 Å². The van der Waals surface area contributed by atoms with Crippen LogP contribution in [0.1, 0.15) is 18.2 Å². The number of aromatic nitrogens is 2. The van der Waals surface area contributed by atoms with E-state index in [2.05, 4.69) is 15.2 Å². The number of anilines is 1. The van der Waals surface area contributed by atoms with Gasteiger partial charge >= 0.3 is 0 Å². The third-order valence-electron chi connectivity index (χ3n) is 6.38. The summed E-state index contributed by atoms with van der Waals surface area (Å²) in [5.41, 5.74) is 2.34. The van der Waals surface area contributed by atoms with Gasteiger partial charge in [0.1, 0.15) is 18.2 Å². The Morgan fingerprint density at radius 3 is 2.66 bits per heavy atom. The molecule has 2 aliphatic heterocycles. The predicted octanol–water partition coefficient (Wildman–Crippen LogP) is 2.46. The van der Waals surface area contributed by atoms with Gasteiger partial charge in [-0.1, -0.05) is 12.1 Å². The quantitative estimate of drug-likeness (QED) is 0.373. The van der Waals surface area contributed by atoms with E-state index in [9.17, 15) is 9.59 Å². The maximum Gasteiger partial charge on any atom is 0.242 e. The highest BCUT2D eigenvalue weighted by molar-refractivity contribution is 6.12. The molecule has 0 bridgehead atoms. The zero-order valence-corrected chi connectivity index (χ0v) is 19.7. The Balaban J connectivity index is 1.11. The van der Waals surface area contributed by atoms with Gasteiger partial charge in [0.15, 0.2) is 11.7 Å². The minimum Gasteiger partial charge on any atom is -0.491 e. The summed E-state index contributed by atoms with van der Waals surface area (Å²) in [6, 6.07) is 14.8. The summed E-state index contributed by atoms with van der Waals surface area (Å²) >= 11 is 0. The van der Waals surface area contributed by atoms with Gasteiger partial charge in [-0.2, -0.15) is 0 Å². The van der Waals surface area contributed by atoms with Crippen molar-refractivity contribution in [2.24, 2.45) is 0 Å². The molecule has 3 heterocycles. The molecule has 35 heavy (non-hydrogen) atoms. The molecule has 0 aliphatic carbocycles. The van der Waals surface area contributed by atoms with Crippen molar-refractivity contribution in [2.45, 2.75) is 18.9 Å². The zero-order valence-electron chi connectivity index (χ0n) is 19.7. The molecule has 2 aromatic carbocycles. The maximum atomic E-state index is 13.0. The second kappa shape index (κ2) is 11.0. The number of fused-ring (bicyclic) bond motifs is 3. The van der Waals surface area contributed by atoms with E-state index in [1.54, 1.807) is 24.3 Å². The number of benzene rings is 2. The van der Waals surface area contributed by atoms with Crippen LogP contribution in [0.4, 0.5) is 5.69 Å². The Morgan fingerprint density at radius 1 is 1.03 bits per heavy atom. The standard InChI is InChI=1S/C26H30N4O5/c31-23-9-10-30-22-4-2-1-3-21(22)28-25(30)24(23)26(32)27-19-5-7-20(8-6-19)35-18-17-34-16-13-29-11-14-33-15-12-29/h1-8,24H,9-18H2,(H,27,32). The monoisotopic (exact) mass is 478 g/mol. The number of ether oxygens (including phenoxy) is 3. The lowest BCUT2D eigenvalue weighted by Crippen LogP contribution is -2.38. The minimum absolute atomic E-state index is 0.112. The van der Waals surface area contributed by atoms with Crippen LogP contribution in [0.15, 0.2) is 48.5 Å². The Bertz CT molecular complexity index is 1170. The summed E-state index contributed by atoms with van der Waals surface area (Å²) in [4.78, 5) is 32.6. The van der Waals surface area contributed by atoms with Gasteiger partial charge in [-0.25, -0.2) is 4.98 Å². The first-order chi connectivity index (χ1) is 17.2. The van der Waals surface area contributed by atoms with Crippen LogP contribution < -0.4 is 10.1 Å². The van der Waals surface area contributed by atoms with E-state index in [0.29, 0.717) is 50.0 Å². The lowest BCUT2D eigenvalue weighted by Gasteiger charge is -2.26. The summed E-state index contributed by atoms with van der Waals surface area (Å²) < 4.78 is 18.7. The number of Topliss-reactive ketones (excluding diaryl/α,β-unsaturated/α-hetero) is 1. The molecule has 1 N–H and O–H groups in total. The van der Waals surface area contributed by atoms with E-state index >= 15 is 0 Å². The van der Waals surface area contributed by atoms with Crippen molar-refractivity contribution in [3.8, 4) is 5.75 Å². The third kappa shape index (κ3) is 5.53. The van der Waals surface area contributed by atoms with Crippen LogP contribution in [-0.2, 0) is 25.6 Å². The van der Waals surface area contributed by atoms with Crippen LogP contribution in [0.2, 0.25) is 0 Å². The Labute approximate surface area is 204 Å². The molecule has 184 valence electrons. The molecule has 9 heteroatoms. The van der Waals surface area contributed by atoms with Crippen LogP contribution >= 0.6 is 0 Å². The number of ketones is 1. The van der Waals surface area contributed by atoms with E-state index < -0.39 is 5.92 Å². The van der Waals surface area contributed by atoms with Crippen LogP contribution in [-0.4, -0.2) is 78.8 Å². The zero-order chi connectivity index (χ0) is 24.0. The molecule has 1 atom stereocenters. The number of morpholine rings is 1. The minimum atomic E-state index is -0.915. The maximum absolute atomic E-state index is 13.0. The number of carbonyl (C=O) groups is 2. The smallest absolute Gasteiger partial charge is 0.242 e. The number of nitrogens with zero attached hydrogens (tertiary/aromatic N) is 3. The number of rotatable bonds is 9. The van der Waals surface area contributed by atoms with Crippen molar-refractivity contribution in [3.05, 3.63) is 54.4 Å². The van der Waals surface area contributed by atoms with Gasteiger partial charge in [-0.05, 0) is 36.4 Å². The normalized spacial score (nSPS) is 18.4. The van der Waals surface area contributed by atoms with Crippen molar-refractivity contribution in [3.63, 3.8) is 0 Å². The molecule has 5 rings (SSSR count). The first-order valence-corrected chi connectivity index (χ1v) is 12.1. The lowest BCUT2D eigenvalue weighted by atomic mass is 9.96. The number of hydrogen-bond acceptors (Lipinski definition) is 7. The van der Waals surface area contributed by atoms with E-state index in [-0.39, 0.29) is 11.7 Å². The second-order valence-electron chi connectivity index (χ2n) is 8.69. The van der Waals surface area contributed by atoms with Gasteiger partial charge in [0.05, 0.1) is 37.5 Å². The molecule has 0 saturated carbocycles. The summed E-state index contributed by atoms with van der Waals surface area (Å²) in [6.07, 6.45) is 0.312. The topological polar surface area (TPSA) is 94.9 Å². The summed E-state index contributed by atoms with van der Waals surface area (Å²) in [5, 5.41) is 2.86. The molecular formula is C26H30N4O5. The van der Waals surface area contributed by atoms with Crippen LogP contribution in [0.5, 0.6) is 5.75 Å². The Kier molecular flexibility index (Phi) is 7.37. The number of aryl methyl sites for hydroxylation is 1. The first kappa shape index (κ1) is 23.5. The fourth-order valence-electron chi connectivity index (χ4n) is 4.51. The number of carbonyl (C=O) groups excluding carboxylic acids is 2. The highest BCUT2D eigenvalue weighted by Crippen LogP contribution is 2.29. The number of imidazole rings is 1. The summed E-state index contributed by atoms with van der Waals surface area (Å²) in [7, 11) is 0. The Morgan fingerprint density at radius 2 is 1.83 bits per heavy atom. The van der Waals surface area contributed by atoms with Gasteiger partial charge in [0.2, 0.25) is 5.91 Å². The summed E-state index contributed by atoms with van der Waals surface area (Å²) in [6.45, 7) is 6.56. The predicted molar refractivity (Wildman–Crippen MR) is 131 cm³/mol. The second-order valence-corrected chi connectivity index (χ2v) is 8.69. The molecular weight excluding hydrogens is 448 g/mol. The fraction of sp³-hybridized carbons (Fsp3) is 0.423. The fourth-order valence-corrected chi connectivity index (χ4v) is 4.51. The largest absolute Gasteiger partial charge is 0.491 e. The van der Waals surface area contributed by atoms with E-state index in [0.717, 1.165) is 43.9 Å². The van der Waals surface area contributed by atoms with Crippen molar-refractivity contribution >= 4 is 28.4 Å². The number of hydrogen-bond donors (Lipinski definition) is 1. The number of nitrogens with one attached hydrogen (secondary N) is 1. The third-order valence-corrected chi connectivity index (χ3v) is 6.38. The van der Waals surface area contributed by atoms with E-state index in [1.165, 1.54) is 0 Å². The molecule has 1 unspecified atom stereocenters. The van der Waals surface area contributed by atoms with Crippen LogP contribution in [0, 0.1) is 0 Å². The van der Waals surface area contributed by atoms with Crippen LogP contribution in [0.25, 0.3) is 11.0 Å². The van der Waals surface area contributed by atoms with Crippen molar-refractivity contribution in [1.82, 2.24) is 14.5 Å². The summed E-state index contributed by atoms with van der Waals surface area (Å²) in [5.74, 6) is -0.196. The van der Waals surface area contributed by atoms with Gasteiger partial charge < -0.3 is 24.1 Å². The van der Waals surface area contributed by atoms with Crippen LogP contribution in [0.3, 0.4) is 0 Å². The average molecular weight is 479 g/mol. The van der Waals surface area contributed by atoms with Crippen molar-refractivity contribution in [1.29, 1.82) is 0 Å². The Hall–Kier alpha value is -3.27. The molecule has 0 spiro atoms. The molecule has 1 saturated heterocycles. The average Bonchev–Trinajstić information content (AvgIpc) is 3.26. The molecule has 1 fully saturated rings. The van der Waals surface area contributed by atoms with Crippen molar-refractivity contribution < 1.29 is 23.8 Å². The molecule has 3 aromatic rings. The highest BCUT2D eigenvalue weighted by Gasteiger charge is 2.36. The molecule has 1 aromatic heterocycles. The van der Waals surface area contributed by atoms with Gasteiger partial charge in [-0.3, -0.25) is 14.5 Å². The number of para-hydroxylation sites is 2. The SMILES string of the molecule is O=C1CCn2c(nc3ccccc32)C1C(=O)Nc1ccc(OCCOCCN2CCOCC2)cc1. The van der Waals surface area contributed by atoms with E-state index in [1.807, 2.05) is 28.8 Å².